The van der Waals surface area contributed by atoms with Crippen LogP contribution in [-0.2, 0) is 20.7 Å². The predicted octanol–water partition coefficient (Wildman–Crippen LogP) is 3.72. The van der Waals surface area contributed by atoms with E-state index < -0.39 is 18.1 Å². The Balaban J connectivity index is 1.63. The highest BCUT2D eigenvalue weighted by Crippen LogP contribution is 2.30. The predicted molar refractivity (Wildman–Crippen MR) is 125 cm³/mol. The molecule has 1 amide bonds. The largest absolute Gasteiger partial charge is 0.480 e. The number of fused-ring (bicyclic) bond motifs is 1. The van der Waals surface area contributed by atoms with Gasteiger partial charge in [-0.25, -0.2) is 9.78 Å². The molecule has 174 valence electrons. The van der Waals surface area contributed by atoms with Crippen molar-refractivity contribution in [2.45, 2.75) is 52.2 Å². The summed E-state index contributed by atoms with van der Waals surface area (Å²) in [6, 6.07) is 2.82. The van der Waals surface area contributed by atoms with Crippen LogP contribution in [0, 0.1) is 6.92 Å². The van der Waals surface area contributed by atoms with Gasteiger partial charge in [-0.05, 0) is 44.7 Å². The molecule has 2 aromatic heterocycles. The van der Waals surface area contributed by atoms with Gasteiger partial charge in [0, 0.05) is 23.7 Å². The Morgan fingerprint density at radius 1 is 1.36 bits per heavy atom. The molecule has 1 aliphatic heterocycles. The van der Waals surface area contributed by atoms with E-state index in [1.54, 1.807) is 19.1 Å². The number of rotatable bonds is 6. The number of carbonyl (C=O) groups excluding carboxylic acids is 2. The van der Waals surface area contributed by atoms with Crippen LogP contribution in [0.5, 0.6) is 5.75 Å². The molecule has 0 radical (unpaired) electrons. The first kappa shape index (κ1) is 23.0. The zero-order chi connectivity index (χ0) is 23.7. The molecule has 4 rings (SSSR count). The second-order valence-electron chi connectivity index (χ2n) is 8.06. The Bertz CT molecular complexity index is 1260. The second kappa shape index (κ2) is 9.35. The molecule has 1 saturated heterocycles. The third kappa shape index (κ3) is 4.37. The number of carbonyl (C=O) groups is 2. The van der Waals surface area contributed by atoms with Crippen LogP contribution in [0.2, 0.25) is 0 Å². The summed E-state index contributed by atoms with van der Waals surface area (Å²) in [7, 11) is 1.32. The number of hydrogen-bond donors (Lipinski definition) is 0. The van der Waals surface area contributed by atoms with Crippen LogP contribution in [-0.4, -0.2) is 47.6 Å². The quantitative estimate of drug-likeness (QED) is 0.506. The van der Waals surface area contributed by atoms with E-state index in [0.29, 0.717) is 46.7 Å². The average Bonchev–Trinajstić information content (AvgIpc) is 3.47. The van der Waals surface area contributed by atoms with Crippen molar-refractivity contribution in [3.05, 3.63) is 45.3 Å². The average molecular weight is 471 g/mol. The molecule has 1 aliphatic rings. The highest BCUT2D eigenvalue weighted by atomic mass is 32.1. The lowest BCUT2D eigenvalue weighted by Crippen LogP contribution is -2.46. The SMILES string of the molecule is CCc1cc2c(=O)c(-c3nc(C)cs3)coc2cc1O[C@@H](C)C(=O)N1CCC[C@@H]1C(=O)OC. The van der Waals surface area contributed by atoms with E-state index in [9.17, 15) is 14.4 Å². The summed E-state index contributed by atoms with van der Waals surface area (Å²) in [5.41, 5.74) is 2.26. The van der Waals surface area contributed by atoms with E-state index in [0.717, 1.165) is 17.7 Å². The standard InChI is InChI=1S/C24H26N2O6S/c1-5-15-9-16-20(31-11-17(21(16)27)22-25-13(2)12-33-22)10-19(15)32-14(3)23(28)26-8-6-7-18(26)24(29)30-4/h9-12,14,18H,5-8H2,1-4H3/t14-,18+/m0/s1. The van der Waals surface area contributed by atoms with E-state index in [1.807, 2.05) is 19.2 Å². The molecule has 9 heteroatoms. The van der Waals surface area contributed by atoms with Crippen LogP contribution in [0.4, 0.5) is 0 Å². The van der Waals surface area contributed by atoms with Crippen molar-refractivity contribution in [3.8, 4) is 16.3 Å². The van der Waals surface area contributed by atoms with Crippen molar-refractivity contribution in [1.82, 2.24) is 9.88 Å². The smallest absolute Gasteiger partial charge is 0.328 e. The molecule has 1 aromatic carbocycles. The summed E-state index contributed by atoms with van der Waals surface area (Å²) in [5.74, 6) is -0.220. The molecule has 33 heavy (non-hydrogen) atoms. The molecule has 3 heterocycles. The molecule has 2 atom stereocenters. The van der Waals surface area contributed by atoms with Crippen molar-refractivity contribution >= 4 is 34.2 Å². The van der Waals surface area contributed by atoms with E-state index >= 15 is 0 Å². The van der Waals surface area contributed by atoms with Gasteiger partial charge in [-0.2, -0.15) is 0 Å². The van der Waals surface area contributed by atoms with Crippen molar-refractivity contribution < 1.29 is 23.5 Å². The minimum Gasteiger partial charge on any atom is -0.480 e. The molecule has 0 unspecified atom stereocenters. The summed E-state index contributed by atoms with van der Waals surface area (Å²) in [6.45, 7) is 5.96. The first-order valence-corrected chi connectivity index (χ1v) is 11.8. The number of nitrogens with zero attached hydrogens (tertiary/aromatic N) is 2. The van der Waals surface area contributed by atoms with E-state index in [4.69, 9.17) is 13.9 Å². The van der Waals surface area contributed by atoms with Gasteiger partial charge in [0.05, 0.1) is 18.1 Å². The number of amides is 1. The topological polar surface area (TPSA) is 98.9 Å². The first-order valence-electron chi connectivity index (χ1n) is 10.9. The van der Waals surface area contributed by atoms with Crippen molar-refractivity contribution in [2.75, 3.05) is 13.7 Å². The molecule has 0 bridgehead atoms. The maximum absolute atomic E-state index is 13.1. The number of methoxy groups -OCH3 is 1. The Kier molecular flexibility index (Phi) is 6.51. The minimum absolute atomic E-state index is 0.158. The maximum atomic E-state index is 13.1. The lowest BCUT2D eigenvalue weighted by Gasteiger charge is -2.26. The van der Waals surface area contributed by atoms with Gasteiger partial charge in [0.15, 0.2) is 6.10 Å². The third-order valence-electron chi connectivity index (χ3n) is 5.85. The summed E-state index contributed by atoms with van der Waals surface area (Å²) in [6.07, 6.45) is 2.51. The molecular formula is C24H26N2O6S. The second-order valence-corrected chi connectivity index (χ2v) is 8.91. The van der Waals surface area contributed by atoms with E-state index in [2.05, 4.69) is 4.98 Å². The molecule has 0 N–H and O–H groups in total. The minimum atomic E-state index is -0.817. The molecule has 1 fully saturated rings. The van der Waals surface area contributed by atoms with Gasteiger partial charge in [-0.3, -0.25) is 9.59 Å². The number of aromatic nitrogens is 1. The highest BCUT2D eigenvalue weighted by molar-refractivity contribution is 7.13. The van der Waals surface area contributed by atoms with Gasteiger partial charge in [0.1, 0.15) is 28.6 Å². The summed E-state index contributed by atoms with van der Waals surface area (Å²) >= 11 is 1.39. The number of ether oxygens (including phenoxy) is 2. The zero-order valence-electron chi connectivity index (χ0n) is 19.0. The maximum Gasteiger partial charge on any atom is 0.328 e. The van der Waals surface area contributed by atoms with Crippen LogP contribution >= 0.6 is 11.3 Å². The van der Waals surface area contributed by atoms with Crippen LogP contribution in [0.1, 0.15) is 37.9 Å². The summed E-state index contributed by atoms with van der Waals surface area (Å²) in [5, 5.41) is 2.94. The number of hydrogen-bond acceptors (Lipinski definition) is 8. The lowest BCUT2D eigenvalue weighted by atomic mass is 10.1. The molecule has 0 aliphatic carbocycles. The number of likely N-dealkylation sites (tertiary alicyclic amines) is 1. The molecule has 0 saturated carbocycles. The van der Waals surface area contributed by atoms with Crippen molar-refractivity contribution in [3.63, 3.8) is 0 Å². The van der Waals surface area contributed by atoms with Gasteiger partial charge in [0.25, 0.3) is 5.91 Å². The third-order valence-corrected chi connectivity index (χ3v) is 6.84. The fourth-order valence-corrected chi connectivity index (χ4v) is 4.90. The van der Waals surface area contributed by atoms with Gasteiger partial charge in [0.2, 0.25) is 5.43 Å². The van der Waals surface area contributed by atoms with Gasteiger partial charge in [-0.1, -0.05) is 6.92 Å². The van der Waals surface area contributed by atoms with Crippen molar-refractivity contribution in [2.24, 2.45) is 0 Å². The summed E-state index contributed by atoms with van der Waals surface area (Å²) < 4.78 is 16.6. The lowest BCUT2D eigenvalue weighted by molar-refractivity contribution is -0.153. The fourth-order valence-electron chi connectivity index (χ4n) is 4.10. The van der Waals surface area contributed by atoms with Crippen LogP contribution in [0.3, 0.4) is 0 Å². The van der Waals surface area contributed by atoms with Crippen LogP contribution in [0.25, 0.3) is 21.5 Å². The van der Waals surface area contributed by atoms with Crippen LogP contribution in [0.15, 0.2) is 33.0 Å². The zero-order valence-corrected chi connectivity index (χ0v) is 19.9. The van der Waals surface area contributed by atoms with Crippen molar-refractivity contribution in [1.29, 1.82) is 0 Å². The number of esters is 1. The Labute approximate surface area is 195 Å². The number of thiazole rings is 1. The molecular weight excluding hydrogens is 444 g/mol. The Morgan fingerprint density at radius 3 is 2.82 bits per heavy atom. The number of benzene rings is 1. The van der Waals surface area contributed by atoms with Crippen LogP contribution < -0.4 is 10.2 Å². The fraction of sp³-hybridized carbons (Fsp3) is 0.417. The Hall–Kier alpha value is -3.20. The normalized spacial score (nSPS) is 16.7. The number of aryl methyl sites for hydroxylation is 2. The van der Waals surface area contributed by atoms with Gasteiger partial charge in [-0.15, -0.1) is 11.3 Å². The summed E-state index contributed by atoms with van der Waals surface area (Å²) in [4.78, 5) is 44.1. The molecule has 3 aromatic rings. The molecule has 8 nitrogen and oxygen atoms in total. The molecule has 0 spiro atoms. The Morgan fingerprint density at radius 2 is 2.15 bits per heavy atom. The monoisotopic (exact) mass is 470 g/mol. The first-order chi connectivity index (χ1) is 15.8. The highest BCUT2D eigenvalue weighted by Gasteiger charge is 2.37. The van der Waals surface area contributed by atoms with Gasteiger partial charge < -0.3 is 18.8 Å². The van der Waals surface area contributed by atoms with Gasteiger partial charge >= 0.3 is 5.97 Å². The van der Waals surface area contributed by atoms with E-state index in [1.165, 1.54) is 29.6 Å². The van der Waals surface area contributed by atoms with E-state index in [-0.39, 0.29) is 11.3 Å².